The van der Waals surface area contributed by atoms with E-state index in [0.717, 1.165) is 42.6 Å². The summed E-state index contributed by atoms with van der Waals surface area (Å²) in [5, 5.41) is 0. The van der Waals surface area contributed by atoms with E-state index in [1.54, 1.807) is 21.4 Å². The van der Waals surface area contributed by atoms with Crippen molar-refractivity contribution in [2.45, 2.75) is 177 Å². The van der Waals surface area contributed by atoms with E-state index >= 15 is 0 Å². The van der Waals surface area contributed by atoms with Gasteiger partial charge in [0.15, 0.2) is 0 Å². The number of unbranched alkanes of at least 4 members (excludes halogenated alkanes) is 12. The quantitative estimate of drug-likeness (QED) is 0.0936. The first-order chi connectivity index (χ1) is 21.9. The van der Waals surface area contributed by atoms with E-state index in [-0.39, 0.29) is 0 Å². The molecule has 2 heteroatoms. The predicted octanol–water partition coefficient (Wildman–Crippen LogP) is 13.8. The van der Waals surface area contributed by atoms with Crippen LogP contribution in [0.2, 0.25) is 0 Å². The minimum Gasteiger partial charge on any atom is -0.493 e. The van der Waals surface area contributed by atoms with Crippen molar-refractivity contribution in [3.8, 4) is 0 Å². The van der Waals surface area contributed by atoms with Crippen LogP contribution in [0.1, 0.15) is 181 Å². The molecular weight excluding hydrogens is 544 g/mol. The number of hydrogen-bond donors (Lipinski definition) is 0. The molecule has 0 saturated carbocycles. The zero-order valence-corrected chi connectivity index (χ0v) is 30.4. The molecule has 2 aromatic rings. The van der Waals surface area contributed by atoms with Crippen LogP contribution in [0.5, 0.6) is 0 Å². The first kappa shape index (κ1) is 37.0. The number of allylic oxidation sites excluding steroid dienone is 2. The summed E-state index contributed by atoms with van der Waals surface area (Å²) in [6.45, 7) is 15.8. The van der Waals surface area contributed by atoms with Gasteiger partial charge >= 0.3 is 0 Å². The van der Waals surface area contributed by atoms with Crippen LogP contribution >= 0.6 is 0 Å². The van der Waals surface area contributed by atoms with Crippen LogP contribution in [0, 0.1) is 20.8 Å². The van der Waals surface area contributed by atoms with Crippen molar-refractivity contribution in [2.75, 3.05) is 0 Å². The van der Waals surface area contributed by atoms with E-state index in [9.17, 15) is 5.53 Å². The zero-order valence-electron chi connectivity index (χ0n) is 30.4. The number of rotatable bonds is 22. The predicted molar refractivity (Wildman–Crippen MR) is 198 cm³/mol. The number of benzene rings is 2. The summed E-state index contributed by atoms with van der Waals surface area (Å²) in [7, 11) is 0. The van der Waals surface area contributed by atoms with E-state index in [1.165, 1.54) is 131 Å². The highest BCUT2D eigenvalue weighted by molar-refractivity contribution is 5.79. The minimum atomic E-state index is 0.966. The van der Waals surface area contributed by atoms with Crippen molar-refractivity contribution >= 4 is 11.4 Å². The monoisotopic (exact) mass is 611 g/mol. The molecule has 3 rings (SSSR count). The highest BCUT2D eigenvalue weighted by Crippen LogP contribution is 2.40. The summed E-state index contributed by atoms with van der Waals surface area (Å²) in [6, 6.07) is 9.49. The molecule has 0 aromatic heterocycles. The van der Waals surface area contributed by atoms with Crippen LogP contribution in [0.4, 0.5) is 0 Å². The van der Waals surface area contributed by atoms with Crippen LogP contribution in [0.3, 0.4) is 0 Å². The highest BCUT2D eigenvalue weighted by atomic mass is 15.2. The van der Waals surface area contributed by atoms with E-state index in [4.69, 9.17) is 0 Å². The van der Waals surface area contributed by atoms with Gasteiger partial charge in [0.25, 0.3) is 0 Å². The Kier molecular flexibility index (Phi) is 16.4. The summed E-state index contributed by atoms with van der Waals surface area (Å²) >= 11 is 0. The fourth-order valence-electron chi connectivity index (χ4n) is 7.10. The van der Waals surface area contributed by atoms with Crippen LogP contribution in [-0.2, 0) is 19.3 Å². The molecule has 248 valence electrons. The number of aryl methyl sites for hydroxylation is 4. The second-order valence-corrected chi connectivity index (χ2v) is 14.0. The fraction of sp³-hybridized carbons (Fsp3) is 0.628. The van der Waals surface area contributed by atoms with Gasteiger partial charge in [-0.3, -0.25) is 0 Å². The van der Waals surface area contributed by atoms with Gasteiger partial charge in [0.05, 0.1) is 0 Å². The van der Waals surface area contributed by atoms with Gasteiger partial charge < -0.3 is 5.53 Å². The van der Waals surface area contributed by atoms with Crippen molar-refractivity contribution in [2.24, 2.45) is 0 Å². The normalized spacial score (nSPS) is 13.3. The summed E-state index contributed by atoms with van der Waals surface area (Å²) < 4.78 is 1.55. The van der Waals surface area contributed by atoms with Gasteiger partial charge in [-0.2, -0.15) is 0 Å². The van der Waals surface area contributed by atoms with Gasteiger partial charge in [0.2, 0.25) is 11.4 Å². The smallest absolute Gasteiger partial charge is 0.210 e. The molecule has 2 nitrogen and oxygen atoms in total. The van der Waals surface area contributed by atoms with Crippen LogP contribution < -0.4 is 0 Å². The lowest BCUT2D eigenvalue weighted by atomic mass is 9.87. The maximum atomic E-state index is 12.0. The summed E-state index contributed by atoms with van der Waals surface area (Å²) in [5.74, 6) is 0. The summed E-state index contributed by atoms with van der Waals surface area (Å²) in [6.07, 6.45) is 27.2. The molecule has 0 radical (unpaired) electrons. The lowest BCUT2D eigenvalue weighted by molar-refractivity contribution is -0.344. The van der Waals surface area contributed by atoms with E-state index < -0.39 is 0 Å². The van der Waals surface area contributed by atoms with Gasteiger partial charge in [0, 0.05) is 22.8 Å². The third-order valence-electron chi connectivity index (χ3n) is 10.2. The Morgan fingerprint density at radius 1 is 0.511 bits per heavy atom. The molecule has 0 bridgehead atoms. The first-order valence-electron chi connectivity index (χ1n) is 19.0. The van der Waals surface area contributed by atoms with Crippen molar-refractivity contribution in [3.63, 3.8) is 0 Å². The molecule has 0 atom stereocenters. The van der Waals surface area contributed by atoms with E-state index in [0.29, 0.717) is 0 Å². The fourth-order valence-corrected chi connectivity index (χ4v) is 7.10. The molecule has 1 heterocycles. The van der Waals surface area contributed by atoms with Crippen molar-refractivity contribution in [1.82, 2.24) is 0 Å². The second-order valence-electron chi connectivity index (χ2n) is 14.0. The van der Waals surface area contributed by atoms with Crippen molar-refractivity contribution in [1.29, 1.82) is 0 Å². The van der Waals surface area contributed by atoms with E-state index in [2.05, 4.69) is 78.8 Å². The van der Waals surface area contributed by atoms with Gasteiger partial charge in [-0.05, 0) is 130 Å². The molecule has 0 saturated heterocycles. The lowest BCUT2D eigenvalue weighted by Crippen LogP contribution is -2.07. The third-order valence-corrected chi connectivity index (χ3v) is 10.2. The van der Waals surface area contributed by atoms with E-state index in [1.807, 2.05) is 0 Å². The second kappa shape index (κ2) is 19.9. The number of nitrogens with zero attached hydrogens (tertiary/aromatic N) is 2. The Labute approximate surface area is 278 Å². The molecule has 2 aromatic carbocycles. The Hall–Kier alpha value is -2.48. The van der Waals surface area contributed by atoms with Crippen LogP contribution in [0.15, 0.2) is 35.9 Å². The molecule has 0 N–H and O–H groups in total. The first-order valence-corrected chi connectivity index (χ1v) is 19.0. The molecule has 0 aliphatic carbocycles. The van der Waals surface area contributed by atoms with Crippen molar-refractivity contribution < 1.29 is 4.70 Å². The molecule has 0 fully saturated rings. The SMILES string of the molecule is CCCCCCC1=C(c2cc(C)c(C)c(C)c2)[N+](=[N-])C(c2cc(CCCCCC)c(CCCCCC)c(CCCCCC)c2)=C1. The molecule has 1 aliphatic heterocycles. The third kappa shape index (κ3) is 10.8. The average Bonchev–Trinajstić information content (AvgIpc) is 3.36. The largest absolute Gasteiger partial charge is 0.493 e. The van der Waals surface area contributed by atoms with Gasteiger partial charge in [-0.25, -0.2) is 4.70 Å². The van der Waals surface area contributed by atoms with Gasteiger partial charge in [-0.15, -0.1) is 0 Å². The molecule has 45 heavy (non-hydrogen) atoms. The Balaban J connectivity index is 2.07. The average molecular weight is 611 g/mol. The number of hydrogen-bond acceptors (Lipinski definition) is 0. The van der Waals surface area contributed by atoms with Gasteiger partial charge in [0.1, 0.15) is 0 Å². The Morgan fingerprint density at radius 3 is 1.42 bits per heavy atom. The highest BCUT2D eigenvalue weighted by Gasteiger charge is 2.30. The summed E-state index contributed by atoms with van der Waals surface area (Å²) in [5.41, 5.74) is 26.2. The maximum Gasteiger partial charge on any atom is 0.210 e. The Morgan fingerprint density at radius 2 is 0.956 bits per heavy atom. The zero-order chi connectivity index (χ0) is 32.6. The standard InChI is InChI=1S/C43H66N2/c1-8-12-16-20-24-36-30-39(31-37(25-21-17-13-9-2)41(36)27-23-19-15-11-4)42-32-38(26-22-18-14-10-3)43(45(42)44)40-28-33(5)35(7)34(6)29-40/h28-32H,8-27H2,1-7H3. The molecular formula is C43H66N2. The molecule has 0 amide bonds. The van der Waals surface area contributed by atoms with Crippen molar-refractivity contribution in [3.05, 3.63) is 86.0 Å². The summed E-state index contributed by atoms with van der Waals surface area (Å²) in [4.78, 5) is 0. The minimum absolute atomic E-state index is 0.966. The lowest BCUT2D eigenvalue weighted by Gasteiger charge is -2.19. The maximum absolute atomic E-state index is 12.0. The van der Waals surface area contributed by atoms with Crippen LogP contribution in [-0.4, -0.2) is 4.70 Å². The molecule has 0 spiro atoms. The molecule has 0 unspecified atom stereocenters. The topological polar surface area (TPSA) is 25.3 Å². The van der Waals surface area contributed by atoms with Gasteiger partial charge in [-0.1, -0.05) is 105 Å². The molecule has 1 aliphatic rings. The van der Waals surface area contributed by atoms with Crippen LogP contribution in [0.25, 0.3) is 16.9 Å². The Bertz CT molecular complexity index is 1230.